The minimum absolute atomic E-state index is 0.0515. The van der Waals surface area contributed by atoms with Crippen molar-refractivity contribution in [1.29, 1.82) is 0 Å². The summed E-state index contributed by atoms with van der Waals surface area (Å²) in [6.07, 6.45) is 3.02. The van der Waals surface area contributed by atoms with Gasteiger partial charge in [0.25, 0.3) is 0 Å². The van der Waals surface area contributed by atoms with Crippen molar-refractivity contribution in [3.8, 4) is 5.75 Å². The van der Waals surface area contributed by atoms with Crippen molar-refractivity contribution in [2.24, 2.45) is 5.92 Å². The molecule has 2 aliphatic rings. The largest absolute Gasteiger partial charge is 0.497 e. The zero-order chi connectivity index (χ0) is 13.4. The Balaban J connectivity index is 1.72. The number of anilines is 1. The molecule has 0 aliphatic carbocycles. The molecule has 2 aliphatic heterocycles. The van der Waals surface area contributed by atoms with E-state index in [9.17, 15) is 9.18 Å². The molecule has 4 nitrogen and oxygen atoms in total. The lowest BCUT2D eigenvalue weighted by atomic mass is 9.88. The van der Waals surface area contributed by atoms with E-state index in [2.05, 4.69) is 10.6 Å². The molecule has 2 N–H and O–H groups in total. The number of nitrogens with one attached hydrogen (secondary N) is 2. The van der Waals surface area contributed by atoms with E-state index in [4.69, 9.17) is 4.74 Å². The van der Waals surface area contributed by atoms with Gasteiger partial charge in [0.2, 0.25) is 5.91 Å². The van der Waals surface area contributed by atoms with Gasteiger partial charge in [-0.15, -0.1) is 0 Å². The molecule has 0 saturated carbocycles. The van der Waals surface area contributed by atoms with Gasteiger partial charge in [-0.1, -0.05) is 0 Å². The van der Waals surface area contributed by atoms with Gasteiger partial charge in [-0.3, -0.25) is 4.79 Å². The number of hydrogen-bond acceptors (Lipinski definition) is 3. The van der Waals surface area contributed by atoms with E-state index in [-0.39, 0.29) is 23.6 Å². The molecule has 2 bridgehead atoms. The second kappa shape index (κ2) is 4.81. The normalized spacial score (nSPS) is 28.4. The van der Waals surface area contributed by atoms with E-state index in [1.165, 1.54) is 25.3 Å². The Labute approximate surface area is 111 Å². The van der Waals surface area contributed by atoms with Gasteiger partial charge in [0.1, 0.15) is 11.6 Å². The quantitative estimate of drug-likeness (QED) is 0.877. The van der Waals surface area contributed by atoms with Crippen molar-refractivity contribution in [2.45, 2.75) is 31.3 Å². The van der Waals surface area contributed by atoms with Crippen LogP contribution in [0.25, 0.3) is 0 Å². The molecule has 0 radical (unpaired) electrons. The van der Waals surface area contributed by atoms with E-state index in [1.807, 2.05) is 0 Å². The topological polar surface area (TPSA) is 50.4 Å². The van der Waals surface area contributed by atoms with E-state index in [0.29, 0.717) is 11.8 Å². The number of amides is 1. The van der Waals surface area contributed by atoms with Crippen molar-refractivity contribution < 1.29 is 13.9 Å². The lowest BCUT2D eigenvalue weighted by molar-refractivity contribution is -0.120. The Morgan fingerprint density at radius 3 is 2.95 bits per heavy atom. The van der Waals surface area contributed by atoms with Crippen LogP contribution in [0.4, 0.5) is 10.1 Å². The van der Waals surface area contributed by atoms with Crippen LogP contribution in [0.5, 0.6) is 5.75 Å². The summed E-state index contributed by atoms with van der Waals surface area (Å²) in [4.78, 5) is 12.2. The van der Waals surface area contributed by atoms with Gasteiger partial charge in [0.05, 0.1) is 18.7 Å². The molecule has 2 fully saturated rings. The maximum Gasteiger partial charge on any atom is 0.229 e. The van der Waals surface area contributed by atoms with Gasteiger partial charge in [-0.2, -0.15) is 0 Å². The maximum absolute atomic E-state index is 13.7. The second-order valence-electron chi connectivity index (χ2n) is 5.22. The number of methoxy groups -OCH3 is 1. The molecule has 2 saturated heterocycles. The number of ether oxygens (including phenoxy) is 1. The predicted octanol–water partition coefficient (Wildman–Crippen LogP) is 1.91. The zero-order valence-electron chi connectivity index (χ0n) is 10.8. The van der Waals surface area contributed by atoms with Gasteiger partial charge >= 0.3 is 0 Å². The van der Waals surface area contributed by atoms with E-state index in [0.717, 1.165) is 19.3 Å². The molecule has 102 valence electrons. The monoisotopic (exact) mass is 264 g/mol. The van der Waals surface area contributed by atoms with Crippen LogP contribution in [0.15, 0.2) is 18.2 Å². The smallest absolute Gasteiger partial charge is 0.229 e. The zero-order valence-corrected chi connectivity index (χ0v) is 10.8. The number of benzene rings is 1. The lowest BCUT2D eigenvalue weighted by Gasteiger charge is -2.19. The Bertz CT molecular complexity index is 506. The summed E-state index contributed by atoms with van der Waals surface area (Å²) in [5, 5.41) is 6.08. The summed E-state index contributed by atoms with van der Waals surface area (Å²) < 4.78 is 18.7. The van der Waals surface area contributed by atoms with Crippen molar-refractivity contribution in [3.05, 3.63) is 24.0 Å². The van der Waals surface area contributed by atoms with Crippen LogP contribution in [0.3, 0.4) is 0 Å². The molecule has 1 aromatic carbocycles. The third-order valence-corrected chi connectivity index (χ3v) is 4.07. The molecule has 3 atom stereocenters. The molecule has 0 spiro atoms. The highest BCUT2D eigenvalue weighted by Gasteiger charge is 2.42. The number of halogens is 1. The molecule has 0 aromatic heterocycles. The van der Waals surface area contributed by atoms with Crippen LogP contribution in [0, 0.1) is 11.7 Å². The van der Waals surface area contributed by atoms with E-state index in [1.54, 1.807) is 0 Å². The summed E-state index contributed by atoms with van der Waals surface area (Å²) in [5.41, 5.74) is 0.187. The van der Waals surface area contributed by atoms with Crippen molar-refractivity contribution in [3.63, 3.8) is 0 Å². The van der Waals surface area contributed by atoms with Gasteiger partial charge in [-0.25, -0.2) is 4.39 Å². The molecule has 3 rings (SSSR count). The number of hydrogen-bond donors (Lipinski definition) is 2. The fraction of sp³-hybridized carbons (Fsp3) is 0.500. The Morgan fingerprint density at radius 2 is 2.32 bits per heavy atom. The van der Waals surface area contributed by atoms with Crippen LogP contribution < -0.4 is 15.4 Å². The predicted molar refractivity (Wildman–Crippen MR) is 69.6 cm³/mol. The highest BCUT2D eigenvalue weighted by atomic mass is 19.1. The summed E-state index contributed by atoms with van der Waals surface area (Å²) in [7, 11) is 1.51. The maximum atomic E-state index is 13.7. The molecule has 1 amide bonds. The Hall–Kier alpha value is -1.62. The minimum atomic E-state index is -0.440. The molecule has 1 aromatic rings. The van der Waals surface area contributed by atoms with Crippen LogP contribution in [-0.4, -0.2) is 25.1 Å². The van der Waals surface area contributed by atoms with Crippen molar-refractivity contribution in [1.82, 2.24) is 5.32 Å². The van der Waals surface area contributed by atoms with Gasteiger partial charge in [-0.05, 0) is 31.4 Å². The summed E-state index contributed by atoms with van der Waals surface area (Å²) in [6, 6.07) is 5.04. The minimum Gasteiger partial charge on any atom is -0.497 e. The summed E-state index contributed by atoms with van der Waals surface area (Å²) in [6.45, 7) is 0. The first-order valence-corrected chi connectivity index (χ1v) is 6.58. The first-order valence-electron chi connectivity index (χ1n) is 6.58. The summed E-state index contributed by atoms with van der Waals surface area (Å²) >= 11 is 0. The van der Waals surface area contributed by atoms with Gasteiger partial charge < -0.3 is 15.4 Å². The lowest BCUT2D eigenvalue weighted by Crippen LogP contribution is -2.33. The molecular weight excluding hydrogens is 247 g/mol. The van der Waals surface area contributed by atoms with Crippen molar-refractivity contribution in [2.75, 3.05) is 12.4 Å². The standard InChI is InChI=1S/C14H17FN2O2/c1-19-9-3-4-11(15)13(7-9)17-14(18)10-6-8-2-5-12(10)16-8/h3-4,7-8,10,12,16H,2,5-6H2,1H3,(H,17,18). The van der Waals surface area contributed by atoms with Gasteiger partial charge in [0, 0.05) is 18.2 Å². The van der Waals surface area contributed by atoms with Crippen molar-refractivity contribution >= 4 is 11.6 Å². The average Bonchev–Trinajstić information content (AvgIpc) is 3.03. The third kappa shape index (κ3) is 2.30. The second-order valence-corrected chi connectivity index (χ2v) is 5.22. The Kier molecular flexibility index (Phi) is 3.14. The summed E-state index contributed by atoms with van der Waals surface area (Å²) in [5.74, 6) is -0.0655. The number of fused-ring (bicyclic) bond motifs is 2. The van der Waals surface area contributed by atoms with Crippen LogP contribution >= 0.6 is 0 Å². The molecule has 5 heteroatoms. The molecule has 19 heavy (non-hydrogen) atoms. The van der Waals surface area contributed by atoms with Crippen LogP contribution in [0.1, 0.15) is 19.3 Å². The molecule has 2 heterocycles. The molecule has 3 unspecified atom stereocenters. The number of rotatable bonds is 3. The first-order chi connectivity index (χ1) is 9.17. The number of carbonyl (C=O) groups excluding carboxylic acids is 1. The Morgan fingerprint density at radius 1 is 1.47 bits per heavy atom. The highest BCUT2D eigenvalue weighted by Crippen LogP contribution is 2.34. The van der Waals surface area contributed by atoms with Crippen LogP contribution in [-0.2, 0) is 4.79 Å². The third-order valence-electron chi connectivity index (χ3n) is 4.07. The van der Waals surface area contributed by atoms with Crippen LogP contribution in [0.2, 0.25) is 0 Å². The fourth-order valence-electron chi connectivity index (χ4n) is 3.07. The van der Waals surface area contributed by atoms with E-state index >= 15 is 0 Å². The molecular formula is C14H17FN2O2. The number of carbonyl (C=O) groups is 1. The van der Waals surface area contributed by atoms with E-state index < -0.39 is 5.82 Å². The first kappa shape index (κ1) is 12.4. The highest BCUT2D eigenvalue weighted by molar-refractivity contribution is 5.93. The van der Waals surface area contributed by atoms with Gasteiger partial charge in [0.15, 0.2) is 0 Å². The average molecular weight is 264 g/mol. The fourth-order valence-corrected chi connectivity index (χ4v) is 3.07. The SMILES string of the molecule is COc1ccc(F)c(NC(=O)C2CC3CCC2N3)c1.